The molecular weight excluding hydrogens is 448 g/mol. The number of carbonyl (C=O) groups is 1. The second-order valence-electron chi connectivity index (χ2n) is 7.15. The highest BCUT2D eigenvalue weighted by Crippen LogP contribution is 2.34. The van der Waals surface area contributed by atoms with Gasteiger partial charge in [-0.25, -0.2) is 26.0 Å². The van der Waals surface area contributed by atoms with Crippen molar-refractivity contribution in [3.05, 3.63) is 89.0 Å². The number of amides is 1. The van der Waals surface area contributed by atoms with Gasteiger partial charge in [0.2, 0.25) is 0 Å². The van der Waals surface area contributed by atoms with E-state index in [1.165, 1.54) is 12.1 Å². The molecule has 0 fully saturated rings. The Bertz CT molecular complexity index is 1310. The van der Waals surface area contributed by atoms with Gasteiger partial charge in [-0.3, -0.25) is 9.10 Å². The first-order valence-corrected chi connectivity index (χ1v) is 11.0. The highest BCUT2D eigenvalue weighted by molar-refractivity contribution is 7.92. The van der Waals surface area contributed by atoms with E-state index in [1.54, 1.807) is 6.07 Å². The molecule has 166 valence electrons. The molecule has 1 N–H and O–H groups in total. The van der Waals surface area contributed by atoms with Crippen LogP contribution in [0.4, 0.5) is 28.9 Å². The quantitative estimate of drug-likeness (QED) is 0.452. The molecule has 0 spiro atoms. The first-order chi connectivity index (χ1) is 15.2. The molecule has 0 atom stereocenters. The maximum absolute atomic E-state index is 13.9. The first-order valence-electron chi connectivity index (χ1n) is 9.54. The Morgan fingerprint density at radius 3 is 2.31 bits per heavy atom. The topological polar surface area (TPSA) is 66.5 Å². The van der Waals surface area contributed by atoms with Crippen molar-refractivity contribution in [1.82, 2.24) is 0 Å². The van der Waals surface area contributed by atoms with Gasteiger partial charge in [-0.2, -0.15) is 0 Å². The molecule has 1 amide bonds. The number of hydrogen-bond acceptors (Lipinski definition) is 3. The maximum atomic E-state index is 13.9. The van der Waals surface area contributed by atoms with Crippen molar-refractivity contribution in [3.63, 3.8) is 0 Å². The number of carbonyl (C=O) groups excluding carboxylic acids is 1. The van der Waals surface area contributed by atoms with Gasteiger partial charge >= 0.3 is 0 Å². The second-order valence-corrected chi connectivity index (χ2v) is 9.01. The third-order valence-corrected chi connectivity index (χ3v) is 6.92. The zero-order valence-corrected chi connectivity index (χ0v) is 17.2. The van der Waals surface area contributed by atoms with Crippen LogP contribution in [0.2, 0.25) is 0 Å². The summed E-state index contributed by atoms with van der Waals surface area (Å²) in [6.07, 6.45) is 1.12. The van der Waals surface area contributed by atoms with Crippen molar-refractivity contribution in [2.45, 2.75) is 17.7 Å². The summed E-state index contributed by atoms with van der Waals surface area (Å²) in [5.41, 5.74) is -0.0573. The first kappa shape index (κ1) is 21.8. The van der Waals surface area contributed by atoms with E-state index in [0.29, 0.717) is 30.5 Å². The molecule has 10 heteroatoms. The number of hydrogen-bond donors (Lipinski definition) is 1. The van der Waals surface area contributed by atoms with Gasteiger partial charge in [-0.05, 0) is 66.9 Å². The third-order valence-electron chi connectivity index (χ3n) is 5.09. The molecule has 0 saturated heterocycles. The molecule has 0 bridgehead atoms. The van der Waals surface area contributed by atoms with E-state index in [4.69, 9.17) is 0 Å². The summed E-state index contributed by atoms with van der Waals surface area (Å²) >= 11 is 0. The molecule has 0 radical (unpaired) electrons. The minimum atomic E-state index is -4.02. The summed E-state index contributed by atoms with van der Waals surface area (Å²) in [5.74, 6) is -6.03. The summed E-state index contributed by atoms with van der Waals surface area (Å²) in [4.78, 5) is 12.3. The summed E-state index contributed by atoms with van der Waals surface area (Å²) in [7, 11) is -4.02. The van der Waals surface area contributed by atoms with Crippen molar-refractivity contribution in [2.75, 3.05) is 16.2 Å². The van der Waals surface area contributed by atoms with Crippen LogP contribution in [0.25, 0.3) is 0 Å². The zero-order chi connectivity index (χ0) is 23.0. The predicted octanol–water partition coefficient (Wildman–Crippen LogP) is 4.64. The number of sulfonamides is 1. The van der Waals surface area contributed by atoms with Crippen LogP contribution < -0.4 is 9.62 Å². The highest BCUT2D eigenvalue weighted by atomic mass is 32.2. The SMILES string of the molecule is O=C(Nc1ccc2c(c1)N(S(=O)(=O)c1ccc(F)cc1)CCC2)c1c(F)ccc(F)c1F. The number of halogens is 4. The Kier molecular flexibility index (Phi) is 5.64. The average molecular weight is 464 g/mol. The largest absolute Gasteiger partial charge is 0.322 e. The Balaban J connectivity index is 1.69. The highest BCUT2D eigenvalue weighted by Gasteiger charge is 2.30. The van der Waals surface area contributed by atoms with Gasteiger partial charge in [0.1, 0.15) is 17.2 Å². The van der Waals surface area contributed by atoms with Crippen molar-refractivity contribution < 1.29 is 30.8 Å². The molecular formula is C22H16F4N2O3S. The van der Waals surface area contributed by atoms with Crippen molar-refractivity contribution in [1.29, 1.82) is 0 Å². The fourth-order valence-electron chi connectivity index (χ4n) is 3.53. The number of anilines is 2. The molecule has 32 heavy (non-hydrogen) atoms. The Labute approximate surface area is 181 Å². The van der Waals surface area contributed by atoms with Crippen molar-refractivity contribution >= 4 is 27.3 Å². The molecule has 1 aliphatic heterocycles. The van der Waals surface area contributed by atoms with Crippen LogP contribution in [0.5, 0.6) is 0 Å². The van der Waals surface area contributed by atoms with E-state index in [2.05, 4.69) is 5.32 Å². The van der Waals surface area contributed by atoms with Crippen LogP contribution in [-0.4, -0.2) is 20.9 Å². The summed E-state index contributed by atoms with van der Waals surface area (Å²) in [5, 5.41) is 2.28. The third kappa shape index (κ3) is 3.93. The number of rotatable bonds is 4. The monoisotopic (exact) mass is 464 g/mol. The van der Waals surface area contributed by atoms with Gasteiger partial charge < -0.3 is 5.32 Å². The van der Waals surface area contributed by atoms with Gasteiger partial charge in [0.15, 0.2) is 11.6 Å². The standard InChI is InChI=1S/C22H16F4N2O3S/c23-14-4-7-16(8-5-14)32(30,31)28-11-1-2-13-3-6-15(12-19(13)28)27-22(29)20-17(24)9-10-18(25)21(20)26/h3-10,12H,1-2,11H2,(H,27,29). The van der Waals surface area contributed by atoms with Crippen LogP contribution >= 0.6 is 0 Å². The summed E-state index contributed by atoms with van der Waals surface area (Å²) < 4.78 is 81.9. The fourth-order valence-corrected chi connectivity index (χ4v) is 5.06. The lowest BCUT2D eigenvalue weighted by Gasteiger charge is -2.31. The van der Waals surface area contributed by atoms with E-state index in [0.717, 1.165) is 28.6 Å². The normalized spacial score (nSPS) is 13.6. The van der Waals surface area contributed by atoms with Crippen LogP contribution in [-0.2, 0) is 16.4 Å². The Morgan fingerprint density at radius 1 is 0.906 bits per heavy atom. The van der Waals surface area contributed by atoms with Crippen molar-refractivity contribution in [2.24, 2.45) is 0 Å². The Hall–Kier alpha value is -3.40. The number of aryl methyl sites for hydroxylation is 1. The van der Waals surface area contributed by atoms with E-state index in [-0.39, 0.29) is 22.8 Å². The Morgan fingerprint density at radius 2 is 1.59 bits per heavy atom. The predicted molar refractivity (Wildman–Crippen MR) is 110 cm³/mol. The van der Waals surface area contributed by atoms with E-state index in [9.17, 15) is 30.8 Å². The molecule has 4 rings (SSSR count). The number of nitrogens with zero attached hydrogens (tertiary/aromatic N) is 1. The molecule has 3 aromatic rings. The van der Waals surface area contributed by atoms with Crippen molar-refractivity contribution in [3.8, 4) is 0 Å². The van der Waals surface area contributed by atoms with E-state index in [1.807, 2.05) is 0 Å². The maximum Gasteiger partial charge on any atom is 0.264 e. The summed E-state index contributed by atoms with van der Waals surface area (Å²) in [6, 6.07) is 10.0. The van der Waals surface area contributed by atoms with Crippen LogP contribution in [0.15, 0.2) is 59.5 Å². The van der Waals surface area contributed by atoms with Gasteiger partial charge in [-0.1, -0.05) is 6.07 Å². The molecule has 0 aliphatic carbocycles. The second kappa shape index (κ2) is 8.27. The summed E-state index contributed by atoms with van der Waals surface area (Å²) in [6.45, 7) is 0.150. The lowest BCUT2D eigenvalue weighted by atomic mass is 10.0. The van der Waals surface area contributed by atoms with Crippen LogP contribution in [0.3, 0.4) is 0 Å². The smallest absolute Gasteiger partial charge is 0.264 e. The lowest BCUT2D eigenvalue weighted by molar-refractivity contribution is 0.101. The average Bonchev–Trinajstić information content (AvgIpc) is 2.76. The number of benzene rings is 3. The molecule has 3 aromatic carbocycles. The van der Waals surface area contributed by atoms with Crippen LogP contribution in [0, 0.1) is 23.3 Å². The minimum absolute atomic E-state index is 0.0676. The minimum Gasteiger partial charge on any atom is -0.322 e. The molecule has 5 nitrogen and oxygen atoms in total. The number of fused-ring (bicyclic) bond motifs is 1. The van der Waals surface area contributed by atoms with E-state index >= 15 is 0 Å². The van der Waals surface area contributed by atoms with Gasteiger partial charge in [0.05, 0.1) is 10.6 Å². The van der Waals surface area contributed by atoms with Gasteiger partial charge in [0, 0.05) is 12.2 Å². The molecule has 0 saturated carbocycles. The van der Waals surface area contributed by atoms with Crippen LogP contribution in [0.1, 0.15) is 22.3 Å². The molecule has 0 unspecified atom stereocenters. The zero-order valence-electron chi connectivity index (χ0n) is 16.4. The fraction of sp³-hybridized carbons (Fsp3) is 0.136. The lowest BCUT2D eigenvalue weighted by Crippen LogP contribution is -2.35. The van der Waals surface area contributed by atoms with Gasteiger partial charge in [0.25, 0.3) is 15.9 Å². The van der Waals surface area contributed by atoms with E-state index < -0.39 is 44.8 Å². The molecule has 1 aliphatic rings. The molecule has 0 aromatic heterocycles. The number of nitrogens with one attached hydrogen (secondary N) is 1. The molecule has 1 heterocycles. The van der Waals surface area contributed by atoms with Gasteiger partial charge in [-0.15, -0.1) is 0 Å².